The number of benzene rings is 2. The van der Waals surface area contributed by atoms with E-state index in [-0.39, 0.29) is 11.6 Å². The fraction of sp³-hybridized carbons (Fsp3) is 0.278. The van der Waals surface area contributed by atoms with E-state index in [2.05, 4.69) is 24.1 Å². The van der Waals surface area contributed by atoms with E-state index in [1.54, 1.807) is 24.3 Å². The molecule has 0 unspecified atom stereocenters. The van der Waals surface area contributed by atoms with Gasteiger partial charge in [-0.1, -0.05) is 6.07 Å². The molecular formula is C18H21FN2O. The van der Waals surface area contributed by atoms with Crippen molar-refractivity contribution in [1.29, 1.82) is 0 Å². The molecule has 0 bridgehead atoms. The van der Waals surface area contributed by atoms with Crippen LogP contribution >= 0.6 is 0 Å². The maximum Gasteiger partial charge on any atom is 0.255 e. The molecule has 0 aliphatic rings. The quantitative estimate of drug-likeness (QED) is 0.896. The molecule has 0 saturated heterocycles. The molecule has 0 radical (unpaired) electrons. The molecule has 3 nitrogen and oxygen atoms in total. The van der Waals surface area contributed by atoms with Crippen LogP contribution in [0.15, 0.2) is 42.5 Å². The normalized spacial score (nSPS) is 10.4. The van der Waals surface area contributed by atoms with E-state index in [1.165, 1.54) is 6.07 Å². The van der Waals surface area contributed by atoms with Crippen molar-refractivity contribution < 1.29 is 9.18 Å². The lowest BCUT2D eigenvalue weighted by Gasteiger charge is -2.21. The highest BCUT2D eigenvalue weighted by molar-refractivity contribution is 6.04. The molecule has 0 aliphatic heterocycles. The van der Waals surface area contributed by atoms with Crippen molar-refractivity contribution in [3.05, 3.63) is 59.4 Å². The average molecular weight is 300 g/mol. The van der Waals surface area contributed by atoms with Crippen molar-refractivity contribution in [1.82, 2.24) is 0 Å². The molecule has 2 aromatic carbocycles. The SMILES string of the molecule is CCN(CC)c1ccc(C(=O)Nc2cc(C)ccc2F)cc1. The summed E-state index contributed by atoms with van der Waals surface area (Å²) in [5, 5.41) is 2.62. The van der Waals surface area contributed by atoms with Crippen LogP contribution in [0, 0.1) is 12.7 Å². The number of carbonyl (C=O) groups excluding carboxylic acids is 1. The smallest absolute Gasteiger partial charge is 0.255 e. The van der Waals surface area contributed by atoms with Gasteiger partial charge in [0.2, 0.25) is 0 Å². The minimum Gasteiger partial charge on any atom is -0.372 e. The van der Waals surface area contributed by atoms with Gasteiger partial charge in [0.25, 0.3) is 5.91 Å². The maximum absolute atomic E-state index is 13.7. The number of amides is 1. The number of rotatable bonds is 5. The Balaban J connectivity index is 2.14. The molecule has 0 saturated carbocycles. The molecule has 116 valence electrons. The number of hydrogen-bond donors (Lipinski definition) is 1. The second-order valence-electron chi connectivity index (χ2n) is 5.16. The topological polar surface area (TPSA) is 32.3 Å². The lowest BCUT2D eigenvalue weighted by Crippen LogP contribution is -2.21. The summed E-state index contributed by atoms with van der Waals surface area (Å²) < 4.78 is 13.7. The lowest BCUT2D eigenvalue weighted by atomic mass is 10.1. The van der Waals surface area contributed by atoms with Gasteiger partial charge in [0, 0.05) is 24.3 Å². The molecule has 0 spiro atoms. The number of halogens is 1. The minimum atomic E-state index is -0.432. The van der Waals surface area contributed by atoms with Crippen LogP contribution in [0.5, 0.6) is 0 Å². The molecule has 0 aromatic heterocycles. The molecule has 2 aromatic rings. The van der Waals surface area contributed by atoms with Crippen molar-refractivity contribution in [2.75, 3.05) is 23.3 Å². The third-order valence-corrected chi connectivity index (χ3v) is 3.63. The monoisotopic (exact) mass is 300 g/mol. The zero-order chi connectivity index (χ0) is 16.1. The van der Waals surface area contributed by atoms with E-state index < -0.39 is 5.82 Å². The first-order valence-electron chi connectivity index (χ1n) is 7.47. The van der Waals surface area contributed by atoms with E-state index >= 15 is 0 Å². The summed E-state index contributed by atoms with van der Waals surface area (Å²) in [6.45, 7) is 7.86. The second-order valence-corrected chi connectivity index (χ2v) is 5.16. The highest BCUT2D eigenvalue weighted by atomic mass is 19.1. The maximum atomic E-state index is 13.7. The Labute approximate surface area is 130 Å². The number of nitrogens with zero attached hydrogens (tertiary/aromatic N) is 1. The number of anilines is 2. The van der Waals surface area contributed by atoms with Crippen LogP contribution < -0.4 is 10.2 Å². The van der Waals surface area contributed by atoms with Gasteiger partial charge in [0.15, 0.2) is 0 Å². The third-order valence-electron chi connectivity index (χ3n) is 3.63. The Hall–Kier alpha value is -2.36. The highest BCUT2D eigenvalue weighted by Gasteiger charge is 2.10. The van der Waals surface area contributed by atoms with E-state index in [4.69, 9.17) is 0 Å². The summed E-state index contributed by atoms with van der Waals surface area (Å²) in [7, 11) is 0. The van der Waals surface area contributed by atoms with Crippen LogP contribution in [0.3, 0.4) is 0 Å². The Morgan fingerprint density at radius 2 is 1.73 bits per heavy atom. The van der Waals surface area contributed by atoms with Gasteiger partial charge in [0.05, 0.1) is 5.69 Å². The molecule has 0 aliphatic carbocycles. The predicted molar refractivity (Wildman–Crippen MR) is 89.1 cm³/mol. The Kier molecular flexibility index (Phi) is 5.15. The summed E-state index contributed by atoms with van der Waals surface area (Å²) in [6.07, 6.45) is 0. The minimum absolute atomic E-state index is 0.206. The molecule has 0 atom stereocenters. The van der Waals surface area contributed by atoms with E-state index in [9.17, 15) is 9.18 Å². The van der Waals surface area contributed by atoms with Gasteiger partial charge in [-0.2, -0.15) is 0 Å². The van der Waals surface area contributed by atoms with Gasteiger partial charge in [0.1, 0.15) is 5.82 Å². The van der Waals surface area contributed by atoms with Gasteiger partial charge in [-0.05, 0) is 62.7 Å². The molecule has 22 heavy (non-hydrogen) atoms. The highest BCUT2D eigenvalue weighted by Crippen LogP contribution is 2.19. The van der Waals surface area contributed by atoms with Crippen molar-refractivity contribution >= 4 is 17.3 Å². The molecule has 2 rings (SSSR count). The van der Waals surface area contributed by atoms with Crippen molar-refractivity contribution in [2.45, 2.75) is 20.8 Å². The van der Waals surface area contributed by atoms with Crippen LogP contribution in [0.4, 0.5) is 15.8 Å². The number of carbonyl (C=O) groups is 1. The third kappa shape index (κ3) is 3.64. The van der Waals surface area contributed by atoms with E-state index in [1.807, 2.05) is 19.1 Å². The molecule has 0 heterocycles. The van der Waals surface area contributed by atoms with E-state index in [0.29, 0.717) is 5.56 Å². The summed E-state index contributed by atoms with van der Waals surface area (Å²) in [4.78, 5) is 14.4. The van der Waals surface area contributed by atoms with Crippen molar-refractivity contribution in [3.8, 4) is 0 Å². The van der Waals surface area contributed by atoms with Crippen LogP contribution in [0.1, 0.15) is 29.8 Å². The van der Waals surface area contributed by atoms with Crippen LogP contribution in [0.2, 0.25) is 0 Å². The van der Waals surface area contributed by atoms with Crippen LogP contribution in [-0.4, -0.2) is 19.0 Å². The molecule has 1 N–H and O–H groups in total. The molecule has 1 amide bonds. The Bertz CT molecular complexity index is 649. The van der Waals surface area contributed by atoms with Gasteiger partial charge in [-0.25, -0.2) is 4.39 Å². The Morgan fingerprint density at radius 1 is 1.09 bits per heavy atom. The lowest BCUT2D eigenvalue weighted by molar-refractivity contribution is 0.102. The van der Waals surface area contributed by atoms with Crippen molar-refractivity contribution in [3.63, 3.8) is 0 Å². The fourth-order valence-electron chi connectivity index (χ4n) is 2.34. The first-order chi connectivity index (χ1) is 10.5. The Morgan fingerprint density at radius 3 is 2.32 bits per heavy atom. The van der Waals surface area contributed by atoms with Gasteiger partial charge in [-0.3, -0.25) is 4.79 Å². The summed E-state index contributed by atoms with van der Waals surface area (Å²) in [5.41, 5.74) is 2.69. The van der Waals surface area contributed by atoms with Crippen LogP contribution in [0.25, 0.3) is 0 Å². The standard InChI is InChI=1S/C18H21FN2O/c1-4-21(5-2)15-9-7-14(8-10-15)18(22)20-17-12-13(3)6-11-16(17)19/h6-12H,4-5H2,1-3H3,(H,20,22). The first kappa shape index (κ1) is 16.0. The van der Waals surface area contributed by atoms with E-state index in [0.717, 1.165) is 24.3 Å². The fourth-order valence-corrected chi connectivity index (χ4v) is 2.34. The first-order valence-corrected chi connectivity index (χ1v) is 7.47. The average Bonchev–Trinajstić information content (AvgIpc) is 2.53. The number of aryl methyl sites for hydroxylation is 1. The molecular weight excluding hydrogens is 279 g/mol. The van der Waals surface area contributed by atoms with Gasteiger partial charge < -0.3 is 10.2 Å². The zero-order valence-electron chi connectivity index (χ0n) is 13.2. The van der Waals surface area contributed by atoms with Crippen LogP contribution in [-0.2, 0) is 0 Å². The predicted octanol–water partition coefficient (Wildman–Crippen LogP) is 4.23. The summed E-state index contributed by atoms with van der Waals surface area (Å²) in [6, 6.07) is 12.0. The van der Waals surface area contributed by atoms with Gasteiger partial charge >= 0.3 is 0 Å². The van der Waals surface area contributed by atoms with Crippen molar-refractivity contribution in [2.24, 2.45) is 0 Å². The zero-order valence-corrected chi connectivity index (χ0v) is 13.2. The summed E-state index contributed by atoms with van der Waals surface area (Å²) in [5.74, 6) is -0.741. The largest absolute Gasteiger partial charge is 0.372 e. The molecule has 0 fully saturated rings. The summed E-state index contributed by atoms with van der Waals surface area (Å²) >= 11 is 0. The second kappa shape index (κ2) is 7.07. The number of hydrogen-bond acceptors (Lipinski definition) is 2. The number of nitrogens with one attached hydrogen (secondary N) is 1. The molecule has 4 heteroatoms. The van der Waals surface area contributed by atoms with Gasteiger partial charge in [-0.15, -0.1) is 0 Å².